The zero-order valence-corrected chi connectivity index (χ0v) is 15.3. The molecule has 1 aromatic carbocycles. The maximum absolute atomic E-state index is 12.3. The zero-order valence-electron chi connectivity index (χ0n) is 13.6. The first-order valence-electron chi connectivity index (χ1n) is 7.57. The molecule has 1 atom stereocenters. The minimum atomic E-state index is -0.372. The molecule has 0 aromatic heterocycles. The predicted octanol–water partition coefficient (Wildman–Crippen LogP) is 2.79. The largest absolute Gasteiger partial charge is 0.350 e. The first kappa shape index (κ1) is 19.8. The maximum Gasteiger partial charge on any atom is 0.251 e. The van der Waals surface area contributed by atoms with Gasteiger partial charge in [-0.05, 0) is 38.0 Å². The Morgan fingerprint density at radius 3 is 2.65 bits per heavy atom. The summed E-state index contributed by atoms with van der Waals surface area (Å²) in [6, 6.07) is 5.37. The molecule has 0 aliphatic carbocycles. The Kier molecular flexibility index (Phi) is 6.92. The Balaban J connectivity index is 0.00000264. The average Bonchev–Trinajstić information content (AvgIpc) is 2.53. The molecular formula is C16H24ClN3O2S. The highest BCUT2D eigenvalue weighted by Gasteiger charge is 2.25. The second-order valence-corrected chi connectivity index (χ2v) is 7.10. The number of rotatable bonds is 5. The Hall–Kier alpha value is -1.24. The molecule has 23 heavy (non-hydrogen) atoms. The van der Waals surface area contributed by atoms with E-state index in [0.717, 1.165) is 17.7 Å². The first-order valence-corrected chi connectivity index (χ1v) is 8.45. The molecular weight excluding hydrogens is 334 g/mol. The van der Waals surface area contributed by atoms with E-state index in [2.05, 4.69) is 10.6 Å². The van der Waals surface area contributed by atoms with Crippen molar-refractivity contribution in [2.75, 3.05) is 11.9 Å². The quantitative estimate of drug-likeness (QED) is 0.756. The average molecular weight is 358 g/mol. The second-order valence-electron chi connectivity index (χ2n) is 5.71. The van der Waals surface area contributed by atoms with Crippen LogP contribution in [0, 0.1) is 0 Å². The number of halogens is 1. The van der Waals surface area contributed by atoms with Crippen LogP contribution in [0.4, 0.5) is 5.69 Å². The topological polar surface area (TPSA) is 84.2 Å². The van der Waals surface area contributed by atoms with Crippen molar-refractivity contribution in [1.82, 2.24) is 5.32 Å². The Bertz CT molecular complexity index is 591. The van der Waals surface area contributed by atoms with Crippen LogP contribution in [0.15, 0.2) is 23.1 Å². The van der Waals surface area contributed by atoms with Crippen molar-refractivity contribution in [3.63, 3.8) is 0 Å². The molecule has 0 spiro atoms. The molecule has 0 saturated carbocycles. The monoisotopic (exact) mass is 357 g/mol. The van der Waals surface area contributed by atoms with E-state index >= 15 is 0 Å². The minimum absolute atomic E-state index is 0. The molecule has 0 saturated heterocycles. The number of fused-ring (bicyclic) bond motifs is 1. The van der Waals surface area contributed by atoms with Crippen LogP contribution >= 0.6 is 24.2 Å². The number of benzene rings is 1. The molecule has 1 aromatic rings. The van der Waals surface area contributed by atoms with Crippen molar-refractivity contribution in [1.29, 1.82) is 0 Å². The van der Waals surface area contributed by atoms with Gasteiger partial charge < -0.3 is 16.4 Å². The third-order valence-electron chi connectivity index (χ3n) is 4.18. The summed E-state index contributed by atoms with van der Waals surface area (Å²) in [6.07, 6.45) is 1.61. The van der Waals surface area contributed by atoms with Gasteiger partial charge in [-0.1, -0.05) is 13.8 Å². The summed E-state index contributed by atoms with van der Waals surface area (Å²) in [7, 11) is 0. The summed E-state index contributed by atoms with van der Waals surface area (Å²) < 4.78 is 0. The van der Waals surface area contributed by atoms with Crippen molar-refractivity contribution in [3.8, 4) is 0 Å². The summed E-state index contributed by atoms with van der Waals surface area (Å²) in [5, 5.41) is 5.61. The lowest BCUT2D eigenvalue weighted by Gasteiger charge is -2.27. The molecule has 0 fully saturated rings. The van der Waals surface area contributed by atoms with Gasteiger partial charge in [0.2, 0.25) is 5.91 Å². The van der Waals surface area contributed by atoms with Gasteiger partial charge in [0.25, 0.3) is 5.91 Å². The molecule has 1 heterocycles. The highest BCUT2D eigenvalue weighted by atomic mass is 35.5. The molecule has 1 unspecified atom stereocenters. The van der Waals surface area contributed by atoms with Crippen LogP contribution in [-0.2, 0) is 4.79 Å². The van der Waals surface area contributed by atoms with E-state index in [1.54, 1.807) is 12.1 Å². The number of nitrogens with two attached hydrogens (primary N) is 1. The van der Waals surface area contributed by atoms with Crippen molar-refractivity contribution >= 4 is 41.7 Å². The standard InChI is InChI=1S/C16H23N3O2S.ClH/c1-4-16(17,5-2)9-18-15(21)11-6-7-13-12(8-11)19-14(20)10(3)22-13;/h6-8,10H,4-5,9,17H2,1-3H3,(H,18,21)(H,19,20);1H. The van der Waals surface area contributed by atoms with Crippen molar-refractivity contribution < 1.29 is 9.59 Å². The van der Waals surface area contributed by atoms with Gasteiger partial charge in [-0.2, -0.15) is 0 Å². The summed E-state index contributed by atoms with van der Waals surface area (Å²) in [5.41, 5.74) is 7.05. The number of amides is 2. The Morgan fingerprint density at radius 2 is 2.04 bits per heavy atom. The molecule has 2 rings (SSSR count). The van der Waals surface area contributed by atoms with Crippen LogP contribution in [0.5, 0.6) is 0 Å². The Labute approximate surface area is 147 Å². The van der Waals surface area contributed by atoms with Gasteiger partial charge in [-0.15, -0.1) is 24.2 Å². The molecule has 0 radical (unpaired) electrons. The van der Waals surface area contributed by atoms with E-state index in [9.17, 15) is 9.59 Å². The maximum atomic E-state index is 12.3. The molecule has 2 amide bonds. The molecule has 4 N–H and O–H groups in total. The number of carbonyl (C=O) groups excluding carboxylic acids is 2. The molecule has 7 heteroatoms. The number of nitrogens with one attached hydrogen (secondary N) is 2. The number of carbonyl (C=O) groups is 2. The van der Waals surface area contributed by atoms with E-state index in [4.69, 9.17) is 5.73 Å². The van der Waals surface area contributed by atoms with Crippen LogP contribution < -0.4 is 16.4 Å². The third kappa shape index (κ3) is 4.62. The van der Waals surface area contributed by atoms with Crippen LogP contribution in [0.1, 0.15) is 44.0 Å². The summed E-state index contributed by atoms with van der Waals surface area (Å²) in [6.45, 7) is 6.33. The summed E-state index contributed by atoms with van der Waals surface area (Å²) in [4.78, 5) is 25.0. The lowest BCUT2D eigenvalue weighted by atomic mass is 9.94. The van der Waals surface area contributed by atoms with E-state index in [-0.39, 0.29) is 35.0 Å². The van der Waals surface area contributed by atoms with Crippen LogP contribution in [-0.4, -0.2) is 29.1 Å². The normalized spacial score (nSPS) is 16.9. The molecule has 0 bridgehead atoms. The minimum Gasteiger partial charge on any atom is -0.350 e. The van der Waals surface area contributed by atoms with Gasteiger partial charge in [-0.3, -0.25) is 9.59 Å². The fraction of sp³-hybridized carbons (Fsp3) is 0.500. The summed E-state index contributed by atoms with van der Waals surface area (Å²) in [5.74, 6) is -0.203. The van der Waals surface area contributed by atoms with E-state index in [1.165, 1.54) is 11.8 Å². The number of thioether (sulfide) groups is 1. The van der Waals surface area contributed by atoms with Gasteiger partial charge in [0.1, 0.15) is 0 Å². The SMILES string of the molecule is CCC(N)(CC)CNC(=O)c1ccc2c(c1)NC(=O)C(C)S2.Cl. The van der Waals surface area contributed by atoms with Gasteiger partial charge in [0.15, 0.2) is 0 Å². The number of hydrogen-bond donors (Lipinski definition) is 3. The van der Waals surface area contributed by atoms with E-state index in [1.807, 2.05) is 26.8 Å². The highest BCUT2D eigenvalue weighted by molar-refractivity contribution is 8.00. The molecule has 5 nitrogen and oxygen atoms in total. The first-order chi connectivity index (χ1) is 10.4. The lowest BCUT2D eigenvalue weighted by molar-refractivity contribution is -0.115. The molecule has 128 valence electrons. The second kappa shape index (κ2) is 8.04. The van der Waals surface area contributed by atoms with Crippen molar-refractivity contribution in [3.05, 3.63) is 23.8 Å². The lowest BCUT2D eigenvalue weighted by Crippen LogP contribution is -2.49. The van der Waals surface area contributed by atoms with Crippen molar-refractivity contribution in [2.24, 2.45) is 5.73 Å². The fourth-order valence-corrected chi connectivity index (χ4v) is 3.14. The number of anilines is 1. The third-order valence-corrected chi connectivity index (χ3v) is 5.36. The zero-order chi connectivity index (χ0) is 16.3. The van der Waals surface area contributed by atoms with Crippen molar-refractivity contribution in [2.45, 2.75) is 49.3 Å². The highest BCUT2D eigenvalue weighted by Crippen LogP contribution is 2.35. The predicted molar refractivity (Wildman–Crippen MR) is 97.5 cm³/mol. The molecule has 1 aliphatic rings. The van der Waals surface area contributed by atoms with Crippen LogP contribution in [0.3, 0.4) is 0 Å². The van der Waals surface area contributed by atoms with Gasteiger partial charge in [0, 0.05) is 22.5 Å². The number of hydrogen-bond acceptors (Lipinski definition) is 4. The van der Waals surface area contributed by atoms with Gasteiger partial charge in [0.05, 0.1) is 10.9 Å². The van der Waals surface area contributed by atoms with Gasteiger partial charge in [-0.25, -0.2) is 0 Å². The molecule has 1 aliphatic heterocycles. The van der Waals surface area contributed by atoms with E-state index in [0.29, 0.717) is 17.8 Å². The fourth-order valence-electron chi connectivity index (χ4n) is 2.21. The van der Waals surface area contributed by atoms with Crippen LogP contribution in [0.2, 0.25) is 0 Å². The Morgan fingerprint density at radius 1 is 1.39 bits per heavy atom. The summed E-state index contributed by atoms with van der Waals surface area (Å²) >= 11 is 1.50. The van der Waals surface area contributed by atoms with Crippen LogP contribution in [0.25, 0.3) is 0 Å². The van der Waals surface area contributed by atoms with E-state index < -0.39 is 0 Å². The smallest absolute Gasteiger partial charge is 0.251 e. The van der Waals surface area contributed by atoms with Gasteiger partial charge >= 0.3 is 0 Å².